The van der Waals surface area contributed by atoms with Crippen molar-refractivity contribution >= 4 is 21.7 Å². The quantitative estimate of drug-likeness (QED) is 0.477. The third-order valence-electron chi connectivity index (χ3n) is 2.38. The molecule has 0 aromatic carbocycles. The molecule has 0 heterocycles. The number of nitrogens with one attached hydrogen (secondary N) is 2. The van der Waals surface area contributed by atoms with Gasteiger partial charge in [-0.1, -0.05) is 13.8 Å². The summed E-state index contributed by atoms with van der Waals surface area (Å²) in [4.78, 5) is 22.7. The maximum Gasteiger partial charge on any atom is 0.237 e. The summed E-state index contributed by atoms with van der Waals surface area (Å²) in [5.74, 6) is -0.725. The summed E-state index contributed by atoms with van der Waals surface area (Å²) in [6.45, 7) is 4.13. The van der Waals surface area contributed by atoms with Crippen molar-refractivity contribution in [3.8, 4) is 0 Å². The van der Waals surface area contributed by atoms with Crippen molar-refractivity contribution in [3.63, 3.8) is 0 Å². The van der Waals surface area contributed by atoms with Crippen molar-refractivity contribution in [2.75, 3.05) is 25.1 Å². The van der Waals surface area contributed by atoms with Crippen molar-refractivity contribution in [1.82, 2.24) is 10.6 Å². The molecule has 0 bridgehead atoms. The Bertz CT molecular complexity index is 406. The Morgan fingerprint density at radius 2 is 1.58 bits per heavy atom. The molecule has 2 amide bonds. The molecule has 7 nitrogen and oxygen atoms in total. The molecule has 0 saturated heterocycles. The van der Waals surface area contributed by atoms with Gasteiger partial charge >= 0.3 is 0 Å². The molecule has 0 spiro atoms. The fourth-order valence-electron chi connectivity index (χ4n) is 1.18. The molecular weight excluding hydrogens is 270 g/mol. The standard InChI is InChI=1S/C11H23N3O4S/c1-8(2)10(15)13-5-6-14-11(16)9(12)4-7-19(3,17)18/h8-9H,4-7,12H2,1-3H3,(H,13,15)(H,14,16). The van der Waals surface area contributed by atoms with Gasteiger partial charge in [0.05, 0.1) is 11.8 Å². The zero-order valence-electron chi connectivity index (χ0n) is 11.6. The molecule has 4 N–H and O–H groups in total. The van der Waals surface area contributed by atoms with E-state index in [1.807, 2.05) is 0 Å². The van der Waals surface area contributed by atoms with Gasteiger partial charge in [-0.3, -0.25) is 9.59 Å². The van der Waals surface area contributed by atoms with Crippen LogP contribution in [0.4, 0.5) is 0 Å². The summed E-state index contributed by atoms with van der Waals surface area (Å²) in [5.41, 5.74) is 5.55. The maximum absolute atomic E-state index is 11.5. The minimum absolute atomic E-state index is 0.0863. The lowest BCUT2D eigenvalue weighted by molar-refractivity contribution is -0.125. The van der Waals surface area contributed by atoms with E-state index in [0.29, 0.717) is 6.54 Å². The Labute approximate surface area is 114 Å². The minimum atomic E-state index is -3.12. The van der Waals surface area contributed by atoms with Crippen LogP contribution in [0.1, 0.15) is 20.3 Å². The van der Waals surface area contributed by atoms with Crippen LogP contribution in [0.25, 0.3) is 0 Å². The van der Waals surface area contributed by atoms with Crippen LogP contribution in [-0.4, -0.2) is 51.4 Å². The number of nitrogens with two attached hydrogens (primary N) is 1. The van der Waals surface area contributed by atoms with E-state index in [2.05, 4.69) is 10.6 Å². The number of carbonyl (C=O) groups is 2. The first-order valence-electron chi connectivity index (χ1n) is 6.12. The Balaban J connectivity index is 3.83. The number of carbonyl (C=O) groups excluding carboxylic acids is 2. The first kappa shape index (κ1) is 17.8. The monoisotopic (exact) mass is 293 g/mol. The molecule has 1 atom stereocenters. The Morgan fingerprint density at radius 3 is 2.00 bits per heavy atom. The lowest BCUT2D eigenvalue weighted by Gasteiger charge is -2.12. The van der Waals surface area contributed by atoms with Gasteiger partial charge in [0.25, 0.3) is 0 Å². The van der Waals surface area contributed by atoms with Crippen molar-refractivity contribution in [2.45, 2.75) is 26.3 Å². The molecule has 1 unspecified atom stereocenters. The number of sulfone groups is 1. The van der Waals surface area contributed by atoms with Crippen LogP contribution in [0.3, 0.4) is 0 Å². The zero-order valence-corrected chi connectivity index (χ0v) is 12.4. The van der Waals surface area contributed by atoms with Crippen LogP contribution in [0.2, 0.25) is 0 Å². The van der Waals surface area contributed by atoms with Gasteiger partial charge < -0.3 is 16.4 Å². The summed E-state index contributed by atoms with van der Waals surface area (Å²) >= 11 is 0. The fourth-order valence-corrected chi connectivity index (χ4v) is 1.86. The van der Waals surface area contributed by atoms with Gasteiger partial charge in [-0.15, -0.1) is 0 Å². The Morgan fingerprint density at radius 1 is 1.11 bits per heavy atom. The highest BCUT2D eigenvalue weighted by Crippen LogP contribution is 1.94. The molecule has 0 aliphatic rings. The Hall–Kier alpha value is -1.15. The van der Waals surface area contributed by atoms with Gasteiger partial charge in [-0.25, -0.2) is 8.42 Å². The van der Waals surface area contributed by atoms with E-state index in [1.165, 1.54) is 0 Å². The van der Waals surface area contributed by atoms with E-state index in [-0.39, 0.29) is 30.5 Å². The maximum atomic E-state index is 11.5. The third kappa shape index (κ3) is 9.43. The van der Waals surface area contributed by atoms with Crippen LogP contribution >= 0.6 is 0 Å². The van der Waals surface area contributed by atoms with E-state index >= 15 is 0 Å². The first-order chi connectivity index (χ1) is 8.63. The highest BCUT2D eigenvalue weighted by Gasteiger charge is 2.15. The topological polar surface area (TPSA) is 118 Å². The van der Waals surface area contributed by atoms with Crippen LogP contribution < -0.4 is 16.4 Å². The van der Waals surface area contributed by atoms with Gasteiger partial charge in [0, 0.05) is 25.3 Å². The molecule has 0 aliphatic heterocycles. The van der Waals surface area contributed by atoms with E-state index < -0.39 is 21.8 Å². The van der Waals surface area contributed by atoms with E-state index in [1.54, 1.807) is 13.8 Å². The van der Waals surface area contributed by atoms with Gasteiger partial charge in [0.2, 0.25) is 11.8 Å². The second kappa shape index (κ2) is 8.11. The highest BCUT2D eigenvalue weighted by atomic mass is 32.2. The number of amides is 2. The van der Waals surface area contributed by atoms with Crippen molar-refractivity contribution < 1.29 is 18.0 Å². The molecule has 0 fully saturated rings. The molecule has 0 aliphatic carbocycles. The smallest absolute Gasteiger partial charge is 0.237 e. The van der Waals surface area contributed by atoms with Crippen LogP contribution in [0, 0.1) is 5.92 Å². The second-order valence-corrected chi connectivity index (χ2v) is 7.02. The van der Waals surface area contributed by atoms with Gasteiger partial charge in [-0.05, 0) is 6.42 Å². The normalized spacial score (nSPS) is 13.1. The predicted molar refractivity (Wildman–Crippen MR) is 73.2 cm³/mol. The van der Waals surface area contributed by atoms with Gasteiger partial charge in [0.15, 0.2) is 0 Å². The number of hydrogen-bond donors (Lipinski definition) is 3. The SMILES string of the molecule is CC(C)C(=O)NCCNC(=O)C(N)CCS(C)(=O)=O. The van der Waals surface area contributed by atoms with Crippen molar-refractivity contribution in [1.29, 1.82) is 0 Å². The third-order valence-corrected chi connectivity index (χ3v) is 3.36. The summed E-state index contributed by atoms with van der Waals surface area (Å²) in [6.07, 6.45) is 1.18. The summed E-state index contributed by atoms with van der Waals surface area (Å²) in [7, 11) is -3.12. The van der Waals surface area contributed by atoms with E-state index in [4.69, 9.17) is 5.73 Å². The van der Waals surface area contributed by atoms with Crippen molar-refractivity contribution in [3.05, 3.63) is 0 Å². The first-order valence-corrected chi connectivity index (χ1v) is 8.18. The largest absolute Gasteiger partial charge is 0.354 e. The zero-order chi connectivity index (χ0) is 15.1. The lowest BCUT2D eigenvalue weighted by Crippen LogP contribution is -2.44. The molecule has 0 radical (unpaired) electrons. The molecule has 0 aromatic heterocycles. The van der Waals surface area contributed by atoms with E-state index in [9.17, 15) is 18.0 Å². The van der Waals surface area contributed by atoms with Crippen LogP contribution in [0.15, 0.2) is 0 Å². The minimum Gasteiger partial charge on any atom is -0.354 e. The van der Waals surface area contributed by atoms with Gasteiger partial charge in [-0.2, -0.15) is 0 Å². The van der Waals surface area contributed by atoms with Crippen LogP contribution in [-0.2, 0) is 19.4 Å². The highest BCUT2D eigenvalue weighted by molar-refractivity contribution is 7.90. The second-order valence-electron chi connectivity index (χ2n) is 4.76. The van der Waals surface area contributed by atoms with E-state index in [0.717, 1.165) is 6.26 Å². The predicted octanol–water partition coefficient (Wildman–Crippen LogP) is -1.36. The molecule has 0 saturated carbocycles. The molecule has 0 rings (SSSR count). The lowest BCUT2D eigenvalue weighted by atomic mass is 10.2. The summed E-state index contributed by atoms with van der Waals surface area (Å²) in [6, 6.07) is -0.851. The average molecular weight is 293 g/mol. The average Bonchev–Trinajstić information content (AvgIpc) is 2.29. The summed E-state index contributed by atoms with van der Waals surface area (Å²) in [5, 5.41) is 5.18. The molecule has 0 aromatic rings. The van der Waals surface area contributed by atoms with Crippen LogP contribution in [0.5, 0.6) is 0 Å². The molecule has 112 valence electrons. The molecule has 8 heteroatoms. The number of hydrogen-bond acceptors (Lipinski definition) is 5. The summed E-state index contributed by atoms with van der Waals surface area (Å²) < 4.78 is 21.8. The van der Waals surface area contributed by atoms with Gasteiger partial charge in [0.1, 0.15) is 9.84 Å². The Kier molecular flexibility index (Phi) is 7.62. The fraction of sp³-hybridized carbons (Fsp3) is 0.818. The van der Waals surface area contributed by atoms with Crippen molar-refractivity contribution in [2.24, 2.45) is 11.7 Å². The molecule has 19 heavy (non-hydrogen) atoms. The number of rotatable bonds is 8. The molecular formula is C11H23N3O4S.